The summed E-state index contributed by atoms with van der Waals surface area (Å²) in [6, 6.07) is 8.08. The molecule has 0 aliphatic carbocycles. The van der Waals surface area contributed by atoms with E-state index in [-0.39, 0.29) is 18.4 Å². The molecular formula is C18H20N2O4. The molecule has 0 bridgehead atoms. The molecule has 126 valence electrons. The highest BCUT2D eigenvalue weighted by molar-refractivity contribution is 5.94. The van der Waals surface area contributed by atoms with Crippen LogP contribution in [0, 0.1) is 17.2 Å². The van der Waals surface area contributed by atoms with E-state index < -0.39 is 12.0 Å². The van der Waals surface area contributed by atoms with Gasteiger partial charge < -0.3 is 14.4 Å². The molecule has 0 saturated heterocycles. The van der Waals surface area contributed by atoms with Gasteiger partial charge in [0.2, 0.25) is 0 Å². The van der Waals surface area contributed by atoms with E-state index in [1.165, 1.54) is 18.1 Å². The van der Waals surface area contributed by atoms with Crippen molar-refractivity contribution in [1.29, 1.82) is 5.26 Å². The number of ether oxygens (including phenoxy) is 2. The largest absolute Gasteiger partial charge is 0.467 e. The number of hydrogen-bond donors (Lipinski definition) is 0. The van der Waals surface area contributed by atoms with E-state index in [4.69, 9.17) is 14.7 Å². The highest BCUT2D eigenvalue weighted by Crippen LogP contribution is 2.23. The highest BCUT2D eigenvalue weighted by Gasteiger charge is 2.35. The molecule has 0 radical (unpaired) electrons. The minimum Gasteiger partial charge on any atom is -0.467 e. The lowest BCUT2D eigenvalue weighted by Gasteiger charge is -2.27. The Morgan fingerprint density at radius 2 is 2.17 bits per heavy atom. The van der Waals surface area contributed by atoms with Gasteiger partial charge in [-0.3, -0.25) is 4.79 Å². The first-order chi connectivity index (χ1) is 11.4. The van der Waals surface area contributed by atoms with Crippen LogP contribution in [0.5, 0.6) is 5.75 Å². The predicted molar refractivity (Wildman–Crippen MR) is 86.8 cm³/mol. The van der Waals surface area contributed by atoms with Gasteiger partial charge in [-0.15, -0.1) is 0 Å². The van der Waals surface area contributed by atoms with E-state index >= 15 is 0 Å². The average molecular weight is 328 g/mol. The van der Waals surface area contributed by atoms with E-state index in [0.29, 0.717) is 23.5 Å². The van der Waals surface area contributed by atoms with E-state index in [2.05, 4.69) is 0 Å². The second-order valence-electron chi connectivity index (χ2n) is 5.99. The molecule has 0 N–H and O–H groups in total. The number of benzene rings is 1. The third-order valence-corrected chi connectivity index (χ3v) is 3.65. The third kappa shape index (κ3) is 4.13. The smallest absolute Gasteiger partial charge is 0.328 e. The summed E-state index contributed by atoms with van der Waals surface area (Å²) in [5.41, 5.74) is 0.474. The Bertz CT molecular complexity index is 703. The zero-order valence-electron chi connectivity index (χ0n) is 14.0. The molecule has 1 heterocycles. The van der Waals surface area contributed by atoms with E-state index in [0.717, 1.165) is 0 Å². The zero-order valence-corrected chi connectivity index (χ0v) is 14.0. The number of carbonyl (C=O) groups is 2. The third-order valence-electron chi connectivity index (χ3n) is 3.65. The summed E-state index contributed by atoms with van der Waals surface area (Å²) >= 11 is 0. The Morgan fingerprint density at radius 3 is 2.79 bits per heavy atom. The lowest BCUT2D eigenvalue weighted by atomic mass is 10.0. The van der Waals surface area contributed by atoms with Crippen LogP contribution in [0.1, 0.15) is 25.8 Å². The Balaban J connectivity index is 2.11. The molecule has 0 saturated carbocycles. The summed E-state index contributed by atoms with van der Waals surface area (Å²) in [4.78, 5) is 25.7. The fourth-order valence-electron chi connectivity index (χ4n) is 2.55. The average Bonchev–Trinajstić information content (AvgIpc) is 2.92. The van der Waals surface area contributed by atoms with Crippen LogP contribution in [0.2, 0.25) is 0 Å². The van der Waals surface area contributed by atoms with Crippen LogP contribution in [0.15, 0.2) is 36.1 Å². The Morgan fingerprint density at radius 1 is 1.42 bits per heavy atom. The summed E-state index contributed by atoms with van der Waals surface area (Å²) in [5.74, 6) is 0.441. The van der Waals surface area contributed by atoms with Gasteiger partial charge in [-0.2, -0.15) is 5.26 Å². The number of amides is 1. The molecule has 24 heavy (non-hydrogen) atoms. The van der Waals surface area contributed by atoms with Crippen LogP contribution in [0.3, 0.4) is 0 Å². The molecule has 0 spiro atoms. The summed E-state index contributed by atoms with van der Waals surface area (Å²) in [7, 11) is 1.31. The van der Waals surface area contributed by atoms with Gasteiger partial charge >= 0.3 is 5.97 Å². The Labute approximate surface area is 141 Å². The molecule has 1 amide bonds. The van der Waals surface area contributed by atoms with E-state index in [9.17, 15) is 9.59 Å². The maximum absolute atomic E-state index is 12.3. The Kier molecular flexibility index (Phi) is 5.59. The molecule has 1 aliphatic rings. The molecule has 1 aromatic carbocycles. The Hall–Kier alpha value is -2.81. The summed E-state index contributed by atoms with van der Waals surface area (Å²) in [5, 5.41) is 8.92. The predicted octanol–water partition coefficient (Wildman–Crippen LogP) is 2.25. The molecule has 2 rings (SSSR count). The molecule has 0 fully saturated rings. The lowest BCUT2D eigenvalue weighted by Crippen LogP contribution is -2.44. The monoisotopic (exact) mass is 328 g/mol. The van der Waals surface area contributed by atoms with Gasteiger partial charge in [0, 0.05) is 6.08 Å². The number of hydrogen-bond acceptors (Lipinski definition) is 5. The maximum Gasteiger partial charge on any atom is 0.328 e. The van der Waals surface area contributed by atoms with Crippen LogP contribution in [0.4, 0.5) is 0 Å². The van der Waals surface area contributed by atoms with Crippen LogP contribution in [0.25, 0.3) is 0 Å². The summed E-state index contributed by atoms with van der Waals surface area (Å²) in [6.45, 7) is 4.16. The van der Waals surface area contributed by atoms with Crippen molar-refractivity contribution in [3.63, 3.8) is 0 Å². The number of carbonyl (C=O) groups excluding carboxylic acids is 2. The topological polar surface area (TPSA) is 79.6 Å². The van der Waals surface area contributed by atoms with Gasteiger partial charge in [0.1, 0.15) is 17.6 Å². The van der Waals surface area contributed by atoms with Crippen molar-refractivity contribution in [3.8, 4) is 11.8 Å². The second-order valence-corrected chi connectivity index (χ2v) is 5.99. The van der Waals surface area contributed by atoms with Crippen molar-refractivity contribution < 1.29 is 19.1 Å². The molecule has 6 nitrogen and oxygen atoms in total. The summed E-state index contributed by atoms with van der Waals surface area (Å²) in [6.07, 6.45) is 1.89. The van der Waals surface area contributed by atoms with Crippen LogP contribution in [-0.2, 0) is 14.3 Å². The SMILES string of the molecule is COC(=O)[C@H](CC(C)C)N1CC(Oc2cccc(C#N)c2)=CC1=O. The van der Waals surface area contributed by atoms with Gasteiger partial charge in [0.05, 0.1) is 25.3 Å². The van der Waals surface area contributed by atoms with Gasteiger partial charge in [-0.05, 0) is 30.5 Å². The molecule has 0 aromatic heterocycles. The quantitative estimate of drug-likeness (QED) is 0.748. The normalized spacial score (nSPS) is 15.0. The van der Waals surface area contributed by atoms with Gasteiger partial charge in [0.15, 0.2) is 0 Å². The number of methoxy groups -OCH3 is 1. The molecular weight excluding hydrogens is 308 g/mol. The molecule has 6 heteroatoms. The first-order valence-electron chi connectivity index (χ1n) is 7.71. The van der Waals surface area contributed by atoms with Crippen molar-refractivity contribution in [2.45, 2.75) is 26.3 Å². The lowest BCUT2D eigenvalue weighted by molar-refractivity contribution is -0.151. The molecule has 1 atom stereocenters. The second kappa shape index (κ2) is 7.64. The van der Waals surface area contributed by atoms with Crippen molar-refractivity contribution in [2.24, 2.45) is 5.92 Å². The zero-order chi connectivity index (χ0) is 17.7. The van der Waals surface area contributed by atoms with E-state index in [1.54, 1.807) is 24.3 Å². The van der Waals surface area contributed by atoms with Gasteiger partial charge in [-0.25, -0.2) is 4.79 Å². The first kappa shape index (κ1) is 17.5. The highest BCUT2D eigenvalue weighted by atomic mass is 16.5. The summed E-state index contributed by atoms with van der Waals surface area (Å²) < 4.78 is 10.5. The van der Waals surface area contributed by atoms with Crippen LogP contribution < -0.4 is 4.74 Å². The minimum absolute atomic E-state index is 0.197. The number of nitriles is 1. The van der Waals surface area contributed by atoms with E-state index in [1.807, 2.05) is 19.9 Å². The molecule has 0 unspecified atom stereocenters. The fourth-order valence-corrected chi connectivity index (χ4v) is 2.55. The molecule has 1 aliphatic heterocycles. The van der Waals surface area contributed by atoms with Crippen molar-refractivity contribution in [1.82, 2.24) is 4.90 Å². The fraction of sp³-hybridized carbons (Fsp3) is 0.389. The van der Waals surface area contributed by atoms with Crippen molar-refractivity contribution >= 4 is 11.9 Å². The van der Waals surface area contributed by atoms with Gasteiger partial charge in [-0.1, -0.05) is 19.9 Å². The van der Waals surface area contributed by atoms with Crippen molar-refractivity contribution in [2.75, 3.05) is 13.7 Å². The number of rotatable bonds is 6. The van der Waals surface area contributed by atoms with Gasteiger partial charge in [0.25, 0.3) is 5.91 Å². The van der Waals surface area contributed by atoms with Crippen LogP contribution in [-0.4, -0.2) is 36.5 Å². The first-order valence-corrected chi connectivity index (χ1v) is 7.71. The number of nitrogens with zero attached hydrogens (tertiary/aromatic N) is 2. The number of esters is 1. The maximum atomic E-state index is 12.3. The van der Waals surface area contributed by atoms with Crippen molar-refractivity contribution in [3.05, 3.63) is 41.7 Å². The minimum atomic E-state index is -0.634. The molecule has 1 aromatic rings. The van der Waals surface area contributed by atoms with Crippen LogP contribution >= 0.6 is 0 Å². The standard InChI is InChI=1S/C18H20N2O4/c1-12(2)7-16(18(22)23-3)20-11-15(9-17(20)21)24-14-6-4-5-13(8-14)10-19/h4-6,8-9,12,16H,7,11H2,1-3H3/t16-/m0/s1.